The monoisotopic (exact) mass is 309 g/mol. The van der Waals surface area contributed by atoms with Crippen LogP contribution in [0, 0.1) is 0 Å². The quantitative estimate of drug-likeness (QED) is 0.749. The number of aromatic nitrogens is 1. The van der Waals surface area contributed by atoms with Crippen molar-refractivity contribution in [1.29, 1.82) is 0 Å². The molecule has 0 radical (unpaired) electrons. The number of hydrogen-bond acceptors (Lipinski definition) is 5. The molecule has 1 aromatic heterocycles. The highest BCUT2D eigenvalue weighted by molar-refractivity contribution is 7.13. The molecule has 0 bridgehead atoms. The predicted octanol–water partition coefficient (Wildman–Crippen LogP) is 3.70. The van der Waals surface area contributed by atoms with E-state index in [4.69, 9.17) is 17.3 Å². The summed E-state index contributed by atoms with van der Waals surface area (Å²) in [6.07, 6.45) is 2.35. The van der Waals surface area contributed by atoms with Crippen molar-refractivity contribution in [2.75, 3.05) is 11.1 Å². The fraction of sp³-hybridized carbons (Fsp3) is 0.231. The van der Waals surface area contributed by atoms with Gasteiger partial charge in [-0.3, -0.25) is 0 Å². The van der Waals surface area contributed by atoms with Gasteiger partial charge in [-0.05, 0) is 25.0 Å². The molecule has 7 heteroatoms. The lowest BCUT2D eigenvalue weighted by molar-refractivity contribution is 0.0698. The zero-order valence-electron chi connectivity index (χ0n) is 10.4. The van der Waals surface area contributed by atoms with E-state index in [-0.39, 0.29) is 10.6 Å². The number of nitrogen functional groups attached to an aromatic ring is 1. The topological polar surface area (TPSA) is 88.2 Å². The molecule has 1 aliphatic carbocycles. The predicted molar refractivity (Wildman–Crippen MR) is 80.2 cm³/mol. The van der Waals surface area contributed by atoms with Crippen LogP contribution in [-0.4, -0.2) is 16.1 Å². The number of carboxylic acid groups (broad SMARTS) is 1. The van der Waals surface area contributed by atoms with Crippen molar-refractivity contribution in [3.8, 4) is 0 Å². The number of nitrogens with zero attached hydrogens (tertiary/aromatic N) is 1. The van der Waals surface area contributed by atoms with Gasteiger partial charge in [-0.25, -0.2) is 9.78 Å². The summed E-state index contributed by atoms with van der Waals surface area (Å²) in [6, 6.07) is 2.90. The average molecular weight is 310 g/mol. The Balaban J connectivity index is 1.94. The number of nitrogens with two attached hydrogens (primary N) is 1. The second-order valence-corrected chi connectivity index (χ2v) is 5.97. The first-order valence-electron chi connectivity index (χ1n) is 6.09. The molecule has 1 saturated carbocycles. The lowest BCUT2D eigenvalue weighted by Gasteiger charge is -2.10. The Labute approximate surface area is 124 Å². The number of benzene rings is 1. The number of rotatable bonds is 4. The summed E-state index contributed by atoms with van der Waals surface area (Å²) in [5.74, 6) is -0.525. The van der Waals surface area contributed by atoms with Gasteiger partial charge in [0.05, 0.1) is 22.0 Å². The first-order chi connectivity index (χ1) is 9.54. The van der Waals surface area contributed by atoms with Gasteiger partial charge in [-0.1, -0.05) is 11.6 Å². The van der Waals surface area contributed by atoms with Crippen LogP contribution in [-0.2, 0) is 0 Å². The van der Waals surface area contributed by atoms with Crippen LogP contribution in [0.1, 0.15) is 34.8 Å². The normalized spacial score (nSPS) is 14.2. The van der Waals surface area contributed by atoms with Gasteiger partial charge in [0.1, 0.15) is 0 Å². The van der Waals surface area contributed by atoms with E-state index in [9.17, 15) is 9.90 Å². The maximum Gasteiger partial charge on any atom is 0.337 e. The van der Waals surface area contributed by atoms with E-state index in [1.165, 1.54) is 36.3 Å². The molecule has 0 amide bonds. The molecule has 0 unspecified atom stereocenters. The van der Waals surface area contributed by atoms with E-state index in [0.717, 1.165) is 5.69 Å². The van der Waals surface area contributed by atoms with Gasteiger partial charge < -0.3 is 16.2 Å². The molecule has 5 nitrogen and oxygen atoms in total. The van der Waals surface area contributed by atoms with Crippen molar-refractivity contribution < 1.29 is 9.90 Å². The van der Waals surface area contributed by atoms with Crippen LogP contribution < -0.4 is 11.1 Å². The summed E-state index contributed by atoms with van der Waals surface area (Å²) in [7, 11) is 0. The lowest BCUT2D eigenvalue weighted by atomic mass is 10.1. The van der Waals surface area contributed by atoms with Crippen LogP contribution >= 0.6 is 22.9 Å². The van der Waals surface area contributed by atoms with Crippen LogP contribution in [0.2, 0.25) is 5.02 Å². The Morgan fingerprint density at radius 2 is 2.25 bits per heavy atom. The largest absolute Gasteiger partial charge is 0.478 e. The van der Waals surface area contributed by atoms with Crippen molar-refractivity contribution in [1.82, 2.24) is 4.98 Å². The van der Waals surface area contributed by atoms with E-state index in [1.807, 2.05) is 5.38 Å². The van der Waals surface area contributed by atoms with Crippen molar-refractivity contribution >= 4 is 45.4 Å². The maximum absolute atomic E-state index is 11.3. The molecule has 1 fully saturated rings. The zero-order valence-corrected chi connectivity index (χ0v) is 12.0. The van der Waals surface area contributed by atoms with Gasteiger partial charge in [0, 0.05) is 17.0 Å². The zero-order chi connectivity index (χ0) is 14.3. The third-order valence-electron chi connectivity index (χ3n) is 3.09. The number of hydrogen-bond donors (Lipinski definition) is 3. The van der Waals surface area contributed by atoms with Gasteiger partial charge in [-0.15, -0.1) is 11.3 Å². The molecule has 1 aromatic carbocycles. The third kappa shape index (κ3) is 2.57. The van der Waals surface area contributed by atoms with Crippen molar-refractivity contribution in [2.45, 2.75) is 18.8 Å². The fourth-order valence-electron chi connectivity index (χ4n) is 1.94. The standard InChI is InChI=1S/C13H12ClN3O2S/c14-9-4-7(15)3-8(12(18)19)11(9)17-13-16-10(5-20-13)6-1-2-6/h3-6H,1-2,15H2,(H,16,17)(H,18,19). The first kappa shape index (κ1) is 13.2. The summed E-state index contributed by atoms with van der Waals surface area (Å²) in [4.78, 5) is 15.7. The van der Waals surface area contributed by atoms with Crippen LogP contribution in [0.25, 0.3) is 0 Å². The first-order valence-corrected chi connectivity index (χ1v) is 7.35. The summed E-state index contributed by atoms with van der Waals surface area (Å²) < 4.78 is 0. The number of carboxylic acids is 1. The van der Waals surface area contributed by atoms with Gasteiger partial charge in [0.15, 0.2) is 5.13 Å². The van der Waals surface area contributed by atoms with Gasteiger partial charge >= 0.3 is 5.97 Å². The number of anilines is 3. The van der Waals surface area contributed by atoms with Crippen LogP contribution in [0.3, 0.4) is 0 Å². The fourth-order valence-corrected chi connectivity index (χ4v) is 3.01. The molecule has 2 aromatic rings. The number of aromatic carboxylic acids is 1. The Kier molecular flexibility index (Phi) is 3.27. The Bertz CT molecular complexity index is 682. The van der Waals surface area contributed by atoms with E-state index < -0.39 is 5.97 Å². The van der Waals surface area contributed by atoms with Gasteiger partial charge in [-0.2, -0.15) is 0 Å². The second-order valence-electron chi connectivity index (χ2n) is 4.71. The summed E-state index contributed by atoms with van der Waals surface area (Å²) in [6.45, 7) is 0. The molecule has 1 aliphatic rings. The minimum atomic E-state index is -1.08. The maximum atomic E-state index is 11.3. The van der Waals surface area contributed by atoms with Gasteiger partial charge in [0.2, 0.25) is 0 Å². The van der Waals surface area contributed by atoms with Crippen molar-refractivity contribution in [3.63, 3.8) is 0 Å². The summed E-state index contributed by atoms with van der Waals surface area (Å²) in [5.41, 5.74) is 7.36. The highest BCUT2D eigenvalue weighted by Crippen LogP contribution is 2.41. The molecule has 4 N–H and O–H groups in total. The van der Waals surface area contributed by atoms with Crippen LogP contribution in [0.4, 0.5) is 16.5 Å². The summed E-state index contributed by atoms with van der Waals surface area (Å²) in [5, 5.41) is 15.1. The molecule has 20 heavy (non-hydrogen) atoms. The minimum Gasteiger partial charge on any atom is -0.478 e. The van der Waals surface area contributed by atoms with E-state index in [1.54, 1.807) is 0 Å². The summed E-state index contributed by atoms with van der Waals surface area (Å²) >= 11 is 7.52. The van der Waals surface area contributed by atoms with E-state index >= 15 is 0 Å². The SMILES string of the molecule is Nc1cc(Cl)c(Nc2nc(C3CC3)cs2)c(C(=O)O)c1. The number of nitrogens with one attached hydrogen (secondary N) is 1. The molecular formula is C13H12ClN3O2S. The van der Waals surface area contributed by atoms with Crippen LogP contribution in [0.15, 0.2) is 17.5 Å². The van der Waals surface area contributed by atoms with Crippen LogP contribution in [0.5, 0.6) is 0 Å². The third-order valence-corrected chi connectivity index (χ3v) is 4.17. The second kappa shape index (κ2) is 4.96. The smallest absolute Gasteiger partial charge is 0.337 e. The van der Waals surface area contributed by atoms with E-state index in [0.29, 0.717) is 22.4 Å². The number of carbonyl (C=O) groups is 1. The number of thiazole rings is 1. The molecule has 0 atom stereocenters. The van der Waals surface area contributed by atoms with Crippen molar-refractivity contribution in [3.05, 3.63) is 33.8 Å². The van der Waals surface area contributed by atoms with Gasteiger partial charge in [0.25, 0.3) is 0 Å². The molecular weight excluding hydrogens is 298 g/mol. The Morgan fingerprint density at radius 3 is 2.90 bits per heavy atom. The average Bonchev–Trinajstić information content (AvgIpc) is 3.12. The van der Waals surface area contributed by atoms with E-state index in [2.05, 4.69) is 10.3 Å². The highest BCUT2D eigenvalue weighted by atomic mass is 35.5. The highest BCUT2D eigenvalue weighted by Gasteiger charge is 2.26. The molecule has 0 aliphatic heterocycles. The molecule has 3 rings (SSSR count). The lowest BCUT2D eigenvalue weighted by Crippen LogP contribution is -2.05. The Morgan fingerprint density at radius 1 is 1.50 bits per heavy atom. The Hall–Kier alpha value is -1.79. The molecule has 1 heterocycles. The molecule has 104 valence electrons. The molecule has 0 spiro atoms. The number of halogens is 1. The molecule has 0 saturated heterocycles. The minimum absolute atomic E-state index is 0.0400. The van der Waals surface area contributed by atoms with Crippen molar-refractivity contribution in [2.24, 2.45) is 0 Å².